The van der Waals surface area contributed by atoms with Gasteiger partial charge >= 0.3 is 0 Å². The summed E-state index contributed by atoms with van der Waals surface area (Å²) in [6.45, 7) is 3.60. The van der Waals surface area contributed by atoms with E-state index in [1.807, 2.05) is 0 Å². The number of nitrogens with one attached hydrogen (secondary N) is 1. The first-order chi connectivity index (χ1) is 8.59. The van der Waals surface area contributed by atoms with Crippen molar-refractivity contribution in [3.63, 3.8) is 0 Å². The number of hydrogen-bond donors (Lipinski definition) is 3. The Labute approximate surface area is 106 Å². The number of nitrogens with two attached hydrogens (primary N) is 2. The number of carbonyl (C=O) groups excluding carboxylic acids is 1. The second kappa shape index (κ2) is 5.27. The monoisotopic (exact) mass is 249 g/mol. The van der Waals surface area contributed by atoms with Crippen LogP contribution in [0.25, 0.3) is 0 Å². The van der Waals surface area contributed by atoms with E-state index in [2.05, 4.69) is 12.2 Å². The number of primary amides is 1. The highest BCUT2D eigenvalue weighted by Gasteiger charge is 2.23. The zero-order chi connectivity index (χ0) is 13.1. The first kappa shape index (κ1) is 12.7. The quantitative estimate of drug-likeness (QED) is 0.699. The van der Waals surface area contributed by atoms with E-state index in [1.165, 1.54) is 0 Å². The number of carbonyl (C=O) groups is 1. The summed E-state index contributed by atoms with van der Waals surface area (Å²) in [4.78, 5) is 11.4. The zero-order valence-corrected chi connectivity index (χ0v) is 10.5. The summed E-state index contributed by atoms with van der Waals surface area (Å²) in [5, 5.41) is 3.30. The van der Waals surface area contributed by atoms with Crippen LogP contribution >= 0.6 is 0 Å². The molecule has 1 aliphatic rings. The molecule has 0 saturated carbocycles. The van der Waals surface area contributed by atoms with Gasteiger partial charge in [-0.1, -0.05) is 6.07 Å². The Balaban J connectivity index is 2.19. The van der Waals surface area contributed by atoms with Crippen LogP contribution in [0.4, 0.5) is 11.4 Å². The van der Waals surface area contributed by atoms with Crippen molar-refractivity contribution < 1.29 is 9.53 Å². The summed E-state index contributed by atoms with van der Waals surface area (Å²) in [6.07, 6.45) is 1.02. The molecule has 2 unspecified atom stereocenters. The predicted molar refractivity (Wildman–Crippen MR) is 71.4 cm³/mol. The van der Waals surface area contributed by atoms with Gasteiger partial charge in [0.25, 0.3) is 5.91 Å². The molecule has 5 N–H and O–H groups in total. The van der Waals surface area contributed by atoms with Crippen LogP contribution in [-0.4, -0.2) is 25.2 Å². The first-order valence-electron chi connectivity index (χ1n) is 6.12. The van der Waals surface area contributed by atoms with Crippen LogP contribution in [0, 0.1) is 5.92 Å². The van der Waals surface area contributed by atoms with Gasteiger partial charge in [0.15, 0.2) is 0 Å². The SMILES string of the molecule is CC(Nc1c(N)cccc1C(N)=O)C1CCOC1. The molecule has 1 fully saturated rings. The van der Waals surface area contributed by atoms with Crippen LogP contribution in [0.2, 0.25) is 0 Å². The van der Waals surface area contributed by atoms with Crippen LogP contribution in [0.1, 0.15) is 23.7 Å². The van der Waals surface area contributed by atoms with Crippen molar-refractivity contribution in [1.29, 1.82) is 0 Å². The average molecular weight is 249 g/mol. The molecule has 1 aliphatic heterocycles. The van der Waals surface area contributed by atoms with Crippen molar-refractivity contribution in [3.8, 4) is 0 Å². The smallest absolute Gasteiger partial charge is 0.250 e. The predicted octanol–water partition coefficient (Wildman–Crippen LogP) is 1.20. The lowest BCUT2D eigenvalue weighted by molar-refractivity contribution is 0.100. The van der Waals surface area contributed by atoms with Gasteiger partial charge in [-0.15, -0.1) is 0 Å². The van der Waals surface area contributed by atoms with Crippen molar-refractivity contribution in [2.75, 3.05) is 24.3 Å². The molecule has 5 heteroatoms. The number of anilines is 2. The Bertz CT molecular complexity index is 442. The largest absolute Gasteiger partial charge is 0.397 e. The van der Waals surface area contributed by atoms with Crippen LogP contribution < -0.4 is 16.8 Å². The van der Waals surface area contributed by atoms with Gasteiger partial charge in [-0.3, -0.25) is 4.79 Å². The molecule has 0 spiro atoms. The van der Waals surface area contributed by atoms with E-state index in [1.54, 1.807) is 18.2 Å². The third-order valence-corrected chi connectivity index (χ3v) is 3.41. The van der Waals surface area contributed by atoms with E-state index < -0.39 is 5.91 Å². The molecule has 5 nitrogen and oxygen atoms in total. The third kappa shape index (κ3) is 2.56. The summed E-state index contributed by atoms with van der Waals surface area (Å²) in [5.41, 5.74) is 12.9. The fourth-order valence-corrected chi connectivity index (χ4v) is 2.23. The first-order valence-corrected chi connectivity index (χ1v) is 6.12. The van der Waals surface area contributed by atoms with Crippen molar-refractivity contribution in [2.45, 2.75) is 19.4 Å². The highest BCUT2D eigenvalue weighted by molar-refractivity contribution is 6.01. The van der Waals surface area contributed by atoms with E-state index >= 15 is 0 Å². The molecular weight excluding hydrogens is 230 g/mol. The molecule has 1 aromatic rings. The van der Waals surface area contributed by atoms with Gasteiger partial charge in [-0.05, 0) is 25.5 Å². The lowest BCUT2D eigenvalue weighted by Crippen LogP contribution is -2.28. The normalized spacial score (nSPS) is 20.6. The molecule has 1 heterocycles. The zero-order valence-electron chi connectivity index (χ0n) is 10.5. The number of hydrogen-bond acceptors (Lipinski definition) is 4. The molecule has 1 aromatic carbocycles. The van der Waals surface area contributed by atoms with Crippen molar-refractivity contribution in [2.24, 2.45) is 11.7 Å². The van der Waals surface area contributed by atoms with Gasteiger partial charge in [0.05, 0.1) is 23.5 Å². The minimum Gasteiger partial charge on any atom is -0.397 e. The molecule has 18 heavy (non-hydrogen) atoms. The Hall–Kier alpha value is -1.75. The molecule has 98 valence electrons. The number of benzene rings is 1. The molecule has 1 saturated heterocycles. The summed E-state index contributed by atoms with van der Waals surface area (Å²) < 4.78 is 5.36. The van der Waals surface area contributed by atoms with Crippen LogP contribution in [0.5, 0.6) is 0 Å². The van der Waals surface area contributed by atoms with E-state index in [9.17, 15) is 4.79 Å². The minimum atomic E-state index is -0.473. The Kier molecular flexibility index (Phi) is 3.72. The van der Waals surface area contributed by atoms with Gasteiger partial charge < -0.3 is 21.5 Å². The van der Waals surface area contributed by atoms with E-state index in [4.69, 9.17) is 16.2 Å². The highest BCUT2D eigenvalue weighted by atomic mass is 16.5. The van der Waals surface area contributed by atoms with Crippen LogP contribution in [-0.2, 0) is 4.74 Å². The van der Waals surface area contributed by atoms with Crippen molar-refractivity contribution in [1.82, 2.24) is 0 Å². The maximum absolute atomic E-state index is 11.4. The molecule has 0 aliphatic carbocycles. The summed E-state index contributed by atoms with van der Waals surface area (Å²) in [7, 11) is 0. The fourth-order valence-electron chi connectivity index (χ4n) is 2.23. The number of nitrogen functional groups attached to an aromatic ring is 1. The van der Waals surface area contributed by atoms with E-state index in [0.29, 0.717) is 22.9 Å². The Morgan fingerprint density at radius 1 is 1.56 bits per heavy atom. The third-order valence-electron chi connectivity index (χ3n) is 3.41. The van der Waals surface area contributed by atoms with Crippen molar-refractivity contribution >= 4 is 17.3 Å². The van der Waals surface area contributed by atoms with Gasteiger partial charge in [0.1, 0.15) is 0 Å². The highest BCUT2D eigenvalue weighted by Crippen LogP contribution is 2.27. The molecular formula is C13H19N3O2. The average Bonchev–Trinajstić information content (AvgIpc) is 2.85. The van der Waals surface area contributed by atoms with Gasteiger partial charge in [-0.2, -0.15) is 0 Å². The van der Waals surface area contributed by atoms with E-state index in [0.717, 1.165) is 19.6 Å². The van der Waals surface area contributed by atoms with Crippen LogP contribution in [0.15, 0.2) is 18.2 Å². The topological polar surface area (TPSA) is 90.4 Å². The van der Waals surface area contributed by atoms with E-state index in [-0.39, 0.29) is 6.04 Å². The van der Waals surface area contributed by atoms with Gasteiger partial charge in [0, 0.05) is 18.6 Å². The lowest BCUT2D eigenvalue weighted by Gasteiger charge is -2.22. The maximum atomic E-state index is 11.4. The number of rotatable bonds is 4. The van der Waals surface area contributed by atoms with Gasteiger partial charge in [0.2, 0.25) is 0 Å². The van der Waals surface area contributed by atoms with Crippen LogP contribution in [0.3, 0.4) is 0 Å². The fraction of sp³-hybridized carbons (Fsp3) is 0.462. The molecule has 2 rings (SSSR count). The maximum Gasteiger partial charge on any atom is 0.250 e. The molecule has 0 aromatic heterocycles. The molecule has 2 atom stereocenters. The lowest BCUT2D eigenvalue weighted by atomic mass is 9.99. The summed E-state index contributed by atoms with van der Waals surface area (Å²) >= 11 is 0. The number of para-hydroxylation sites is 1. The summed E-state index contributed by atoms with van der Waals surface area (Å²) in [5.74, 6) is -0.0370. The second-order valence-electron chi connectivity index (χ2n) is 4.69. The molecule has 0 bridgehead atoms. The summed E-state index contributed by atoms with van der Waals surface area (Å²) in [6, 6.07) is 5.35. The van der Waals surface area contributed by atoms with Gasteiger partial charge in [-0.25, -0.2) is 0 Å². The van der Waals surface area contributed by atoms with Crippen molar-refractivity contribution in [3.05, 3.63) is 23.8 Å². The Morgan fingerprint density at radius 3 is 2.94 bits per heavy atom. The number of ether oxygens (including phenoxy) is 1. The molecule has 1 amide bonds. The second-order valence-corrected chi connectivity index (χ2v) is 4.69. The Morgan fingerprint density at radius 2 is 2.33 bits per heavy atom. The molecule has 0 radical (unpaired) electrons. The standard InChI is InChI=1S/C13H19N3O2/c1-8(9-5-6-18-7-9)16-12-10(13(15)17)3-2-4-11(12)14/h2-4,8-9,16H,5-7,14H2,1H3,(H2,15,17). The number of amides is 1. The minimum absolute atomic E-state index is 0.190.